The van der Waals surface area contributed by atoms with Gasteiger partial charge in [0.05, 0.1) is 35.9 Å². The number of thiazole rings is 1. The Morgan fingerprint density at radius 3 is 2.56 bits per heavy atom. The number of halogens is 3. The molecule has 0 amide bonds. The van der Waals surface area contributed by atoms with Crippen LogP contribution in [0.5, 0.6) is 0 Å². The van der Waals surface area contributed by atoms with Crippen LogP contribution in [0.15, 0.2) is 46.2 Å². The number of amidine groups is 1. The maximum atomic E-state index is 14.6. The number of nitrogens with one attached hydrogen (secondary N) is 1. The highest BCUT2D eigenvalue weighted by Gasteiger charge is 2.39. The lowest BCUT2D eigenvalue weighted by Gasteiger charge is -2.35. The fraction of sp³-hybridized carbons (Fsp3) is 0.433. The Hall–Kier alpha value is -3.64. The number of aliphatic carboxylic acids is 1. The van der Waals surface area contributed by atoms with E-state index in [1.807, 2.05) is 13.1 Å². The Bertz CT molecular complexity index is 1550. The third-order valence-electron chi connectivity index (χ3n) is 7.68. The van der Waals surface area contributed by atoms with Crippen molar-refractivity contribution in [2.75, 3.05) is 6.61 Å². The van der Waals surface area contributed by atoms with Crippen LogP contribution in [-0.2, 0) is 20.9 Å². The normalized spacial score (nSPS) is 20.2. The Morgan fingerprint density at radius 2 is 1.91 bits per heavy atom. The maximum absolute atomic E-state index is 14.6. The number of carboxylic acid groups (broad SMARTS) is 1. The lowest BCUT2D eigenvalue weighted by Crippen LogP contribution is -2.38. The van der Waals surface area contributed by atoms with Gasteiger partial charge in [-0.05, 0) is 63.0 Å². The second-order valence-electron chi connectivity index (χ2n) is 10.3. The van der Waals surface area contributed by atoms with Crippen LogP contribution in [0.1, 0.15) is 80.2 Å². The molecule has 2 aromatic heterocycles. The molecule has 0 saturated heterocycles. The standard InChI is InChI=1S/C29H30ClF2N5O4S.CH4/c1-3-41-29(40)22-25(17-6-4-16(5-7-17)19-14-37(36-15(19)2)12-10-21(38)39)34-27(28-33-11-13-42-28)35-26(22)18-8-9-20(31)24(32)23(18)30;/h8-9,11,13-14,16-17,26H,3-7,10,12H2,1-2H3,(H,34,35)(H,38,39);1H4. The van der Waals surface area contributed by atoms with Crippen LogP contribution in [0, 0.1) is 24.5 Å². The van der Waals surface area contributed by atoms with Gasteiger partial charge in [0.15, 0.2) is 22.5 Å². The number of hydrogen-bond donors (Lipinski definition) is 2. The van der Waals surface area contributed by atoms with Gasteiger partial charge in [-0.25, -0.2) is 18.6 Å². The first-order valence-electron chi connectivity index (χ1n) is 13.7. The first-order valence-corrected chi connectivity index (χ1v) is 15.0. The first kappa shape index (κ1) is 32.3. The molecule has 3 aromatic rings. The summed E-state index contributed by atoms with van der Waals surface area (Å²) in [6.45, 7) is 4.05. The largest absolute Gasteiger partial charge is 0.481 e. The summed E-state index contributed by atoms with van der Waals surface area (Å²) in [5.41, 5.74) is 2.95. The number of hydrogen-bond acceptors (Lipinski definition) is 8. The Balaban J connectivity index is 0.00000423. The molecule has 5 rings (SSSR count). The van der Waals surface area contributed by atoms with Crippen LogP contribution in [0.25, 0.3) is 0 Å². The lowest BCUT2D eigenvalue weighted by atomic mass is 9.76. The minimum Gasteiger partial charge on any atom is -0.481 e. The van der Waals surface area contributed by atoms with E-state index in [4.69, 9.17) is 26.4 Å². The molecule has 43 heavy (non-hydrogen) atoms. The number of ether oxygens (including phenoxy) is 1. The maximum Gasteiger partial charge on any atom is 0.338 e. The third-order valence-corrected chi connectivity index (χ3v) is 8.84. The van der Waals surface area contributed by atoms with E-state index in [0.717, 1.165) is 43.0 Å². The van der Waals surface area contributed by atoms with Crippen LogP contribution in [0.2, 0.25) is 5.02 Å². The number of nitrogens with zero attached hydrogens (tertiary/aromatic N) is 4. The fourth-order valence-corrected chi connectivity index (χ4v) is 6.54. The number of aryl methyl sites for hydroxylation is 2. The highest BCUT2D eigenvalue weighted by molar-refractivity contribution is 7.11. The molecule has 2 N–H and O–H groups in total. The highest BCUT2D eigenvalue weighted by atomic mass is 35.5. The van der Waals surface area contributed by atoms with Crippen molar-refractivity contribution >= 4 is 40.7 Å². The summed E-state index contributed by atoms with van der Waals surface area (Å²) in [6.07, 6.45) is 6.61. The van der Waals surface area contributed by atoms with Crippen molar-refractivity contribution in [2.24, 2.45) is 10.9 Å². The summed E-state index contributed by atoms with van der Waals surface area (Å²) >= 11 is 7.65. The summed E-state index contributed by atoms with van der Waals surface area (Å²) in [6, 6.07) is 1.29. The molecule has 1 aromatic carbocycles. The molecule has 1 aliphatic heterocycles. The monoisotopic (exact) mass is 633 g/mol. The quantitative estimate of drug-likeness (QED) is 0.202. The molecule has 1 fully saturated rings. The summed E-state index contributed by atoms with van der Waals surface area (Å²) in [5, 5.41) is 18.8. The molecule has 0 radical (unpaired) electrons. The van der Waals surface area contributed by atoms with Gasteiger partial charge in [0.1, 0.15) is 6.04 Å². The van der Waals surface area contributed by atoms with E-state index < -0.39 is 34.6 Å². The van der Waals surface area contributed by atoms with E-state index in [0.29, 0.717) is 23.1 Å². The first-order chi connectivity index (χ1) is 20.2. The Morgan fingerprint density at radius 1 is 1.19 bits per heavy atom. The summed E-state index contributed by atoms with van der Waals surface area (Å²) in [7, 11) is 0. The number of rotatable bonds is 9. The molecule has 2 aliphatic rings. The molecule has 0 spiro atoms. The van der Waals surface area contributed by atoms with E-state index >= 15 is 0 Å². The number of allylic oxidation sites excluding steroid dienone is 1. The van der Waals surface area contributed by atoms with Gasteiger partial charge in [-0.1, -0.05) is 25.1 Å². The highest BCUT2D eigenvalue weighted by Crippen LogP contribution is 2.44. The Labute approximate surface area is 257 Å². The molecule has 13 heteroatoms. The van der Waals surface area contributed by atoms with Gasteiger partial charge in [-0.3, -0.25) is 14.5 Å². The van der Waals surface area contributed by atoms with Gasteiger partial charge in [0.2, 0.25) is 0 Å². The van der Waals surface area contributed by atoms with Crippen molar-refractivity contribution in [3.63, 3.8) is 0 Å². The van der Waals surface area contributed by atoms with Crippen molar-refractivity contribution in [1.82, 2.24) is 20.1 Å². The van der Waals surface area contributed by atoms with Gasteiger partial charge in [0, 0.05) is 29.0 Å². The van der Waals surface area contributed by atoms with Gasteiger partial charge in [-0.2, -0.15) is 5.10 Å². The van der Waals surface area contributed by atoms with Gasteiger partial charge in [-0.15, -0.1) is 11.3 Å². The number of carboxylic acids is 1. The van der Waals surface area contributed by atoms with E-state index in [1.54, 1.807) is 23.2 Å². The molecule has 1 aliphatic carbocycles. The number of benzene rings is 1. The third kappa shape index (κ3) is 6.80. The summed E-state index contributed by atoms with van der Waals surface area (Å²) < 4.78 is 35.7. The molecule has 1 unspecified atom stereocenters. The average Bonchev–Trinajstić information content (AvgIpc) is 3.65. The van der Waals surface area contributed by atoms with Crippen LogP contribution in [-0.4, -0.2) is 44.3 Å². The van der Waals surface area contributed by atoms with Crippen LogP contribution in [0.4, 0.5) is 8.78 Å². The van der Waals surface area contributed by atoms with Crippen molar-refractivity contribution in [3.05, 3.63) is 79.7 Å². The molecule has 1 saturated carbocycles. The summed E-state index contributed by atoms with van der Waals surface area (Å²) in [4.78, 5) is 33.6. The van der Waals surface area contributed by atoms with Gasteiger partial charge in [0.25, 0.3) is 0 Å². The SMILES string of the molecule is C.CCOC(=O)C1=C(C2CCC(c3cn(CCC(=O)O)nc3C)CC2)NC(c2nccs2)=NC1c1ccc(F)c(F)c1Cl. The molecule has 0 bridgehead atoms. The molecular formula is C30H34ClF2N5O4S. The molecule has 3 heterocycles. The van der Waals surface area contributed by atoms with Crippen LogP contribution in [0.3, 0.4) is 0 Å². The van der Waals surface area contributed by atoms with E-state index in [-0.39, 0.29) is 43.4 Å². The van der Waals surface area contributed by atoms with Gasteiger partial charge < -0.3 is 15.2 Å². The smallest absolute Gasteiger partial charge is 0.338 e. The molecule has 1 atom stereocenters. The minimum atomic E-state index is -1.21. The number of esters is 1. The molecule has 9 nitrogen and oxygen atoms in total. The average molecular weight is 634 g/mol. The second-order valence-corrected chi connectivity index (χ2v) is 11.6. The molecular weight excluding hydrogens is 600 g/mol. The fourth-order valence-electron chi connectivity index (χ4n) is 5.70. The van der Waals surface area contributed by atoms with Crippen molar-refractivity contribution in [3.8, 4) is 0 Å². The lowest BCUT2D eigenvalue weighted by molar-refractivity contribution is -0.139. The predicted octanol–water partition coefficient (Wildman–Crippen LogP) is 6.57. The number of carbonyl (C=O) groups is 2. The zero-order valence-corrected chi connectivity index (χ0v) is 24.6. The number of carbonyl (C=O) groups excluding carboxylic acids is 1. The Kier molecular flexibility index (Phi) is 10.3. The van der Waals surface area contributed by atoms with Gasteiger partial charge >= 0.3 is 11.9 Å². The number of aromatic nitrogens is 3. The minimum absolute atomic E-state index is 0. The summed E-state index contributed by atoms with van der Waals surface area (Å²) in [5.74, 6) is -3.23. The number of aliphatic imine (C=N–C) groups is 1. The van der Waals surface area contributed by atoms with Crippen molar-refractivity contribution in [1.29, 1.82) is 0 Å². The van der Waals surface area contributed by atoms with Crippen molar-refractivity contribution < 1.29 is 28.2 Å². The predicted molar refractivity (Wildman–Crippen MR) is 160 cm³/mol. The van der Waals surface area contributed by atoms with Crippen molar-refractivity contribution in [2.45, 2.75) is 71.9 Å². The van der Waals surface area contributed by atoms with E-state index in [2.05, 4.69) is 15.4 Å². The van der Waals surface area contributed by atoms with E-state index in [1.165, 1.54) is 17.4 Å². The second kappa shape index (κ2) is 13.8. The topological polar surface area (TPSA) is 119 Å². The van der Waals surface area contributed by atoms with E-state index in [9.17, 15) is 18.4 Å². The molecule has 230 valence electrons. The zero-order chi connectivity index (χ0) is 30.0. The van der Waals surface area contributed by atoms with Crippen LogP contribution < -0.4 is 5.32 Å². The van der Waals surface area contributed by atoms with Crippen LogP contribution >= 0.6 is 22.9 Å². The zero-order valence-electron chi connectivity index (χ0n) is 23.1.